The average Bonchev–Trinajstić information content (AvgIpc) is 3.05. The van der Waals surface area contributed by atoms with Crippen molar-refractivity contribution < 1.29 is 0 Å². The summed E-state index contributed by atoms with van der Waals surface area (Å²) in [5.41, 5.74) is 7.52. The fourth-order valence-electron chi connectivity index (χ4n) is 4.45. The van der Waals surface area contributed by atoms with Gasteiger partial charge in [0.05, 0.1) is 5.69 Å². The minimum Gasteiger partial charge on any atom is -0.263 e. The lowest BCUT2D eigenvalue weighted by molar-refractivity contribution is 0.547. The van der Waals surface area contributed by atoms with E-state index in [1.165, 1.54) is 65.1 Å². The van der Waals surface area contributed by atoms with Gasteiger partial charge in [-0.15, -0.1) is 0 Å². The van der Waals surface area contributed by atoms with Crippen LogP contribution in [0.25, 0.3) is 22.0 Å². The molecule has 4 rings (SSSR count). The van der Waals surface area contributed by atoms with Crippen molar-refractivity contribution in [3.63, 3.8) is 0 Å². The zero-order valence-electron chi connectivity index (χ0n) is 15.6. The Hall–Kier alpha value is -2.09. The molecule has 1 fully saturated rings. The molecular formula is C23H26BN. The maximum atomic E-state index is 4.89. The molecule has 25 heavy (non-hydrogen) atoms. The number of aryl methyl sites for hydroxylation is 2. The van der Waals surface area contributed by atoms with Gasteiger partial charge in [0, 0.05) is 10.9 Å². The zero-order chi connectivity index (χ0) is 17.4. The number of hydrogen-bond donors (Lipinski definition) is 0. The van der Waals surface area contributed by atoms with Crippen LogP contribution in [0.15, 0.2) is 42.5 Å². The third kappa shape index (κ3) is 3.49. The van der Waals surface area contributed by atoms with E-state index in [-0.39, 0.29) is 0 Å². The molecule has 1 nitrogen and oxygen atoms in total. The minimum atomic E-state index is 0.888. The van der Waals surface area contributed by atoms with Crippen LogP contribution in [0.3, 0.4) is 0 Å². The van der Waals surface area contributed by atoms with Crippen molar-refractivity contribution >= 4 is 24.2 Å². The first-order chi connectivity index (χ1) is 12.1. The molecule has 1 aliphatic carbocycles. The molecule has 0 amide bonds. The van der Waals surface area contributed by atoms with Crippen LogP contribution in [0, 0.1) is 19.8 Å². The zero-order valence-corrected chi connectivity index (χ0v) is 15.6. The van der Waals surface area contributed by atoms with E-state index < -0.39 is 0 Å². The Labute approximate surface area is 151 Å². The van der Waals surface area contributed by atoms with Gasteiger partial charge in [0.2, 0.25) is 0 Å². The van der Waals surface area contributed by atoms with Gasteiger partial charge in [0.15, 0.2) is 7.85 Å². The van der Waals surface area contributed by atoms with Gasteiger partial charge in [0.1, 0.15) is 0 Å². The summed E-state index contributed by atoms with van der Waals surface area (Å²) in [6.45, 7) is 4.32. The third-order valence-corrected chi connectivity index (χ3v) is 5.52. The van der Waals surface area contributed by atoms with E-state index in [1.807, 2.05) is 0 Å². The topological polar surface area (TPSA) is 12.9 Å². The summed E-state index contributed by atoms with van der Waals surface area (Å²) >= 11 is 0. The Bertz CT molecular complexity index is 903. The Morgan fingerprint density at radius 1 is 0.960 bits per heavy atom. The summed E-state index contributed by atoms with van der Waals surface area (Å²) in [5.74, 6) is 0.888. The van der Waals surface area contributed by atoms with Crippen molar-refractivity contribution in [3.8, 4) is 11.3 Å². The maximum absolute atomic E-state index is 4.89. The highest BCUT2D eigenvalue weighted by molar-refractivity contribution is 6.32. The molecule has 0 bridgehead atoms. The van der Waals surface area contributed by atoms with Crippen molar-refractivity contribution in [1.82, 2.24) is 4.98 Å². The molecule has 0 unspecified atom stereocenters. The molecular weight excluding hydrogens is 301 g/mol. The number of rotatable bonds is 3. The SMILES string of the molecule is Bc1cc2cc(CC3CCCC3)ccc2c(-c2cc(C)cc(C)c2)n1. The molecule has 2 aromatic carbocycles. The second-order valence-corrected chi connectivity index (χ2v) is 7.90. The molecule has 126 valence electrons. The second-order valence-electron chi connectivity index (χ2n) is 7.90. The number of fused-ring (bicyclic) bond motifs is 1. The highest BCUT2D eigenvalue weighted by atomic mass is 14.7. The molecule has 3 aromatic rings. The molecule has 1 heterocycles. The summed E-state index contributed by atoms with van der Waals surface area (Å²) in [6, 6.07) is 16.0. The van der Waals surface area contributed by atoms with Crippen molar-refractivity contribution in [2.45, 2.75) is 46.0 Å². The summed E-state index contributed by atoms with van der Waals surface area (Å²) in [7, 11) is 2.11. The van der Waals surface area contributed by atoms with E-state index in [4.69, 9.17) is 4.98 Å². The quantitative estimate of drug-likeness (QED) is 0.645. The Morgan fingerprint density at radius 3 is 2.40 bits per heavy atom. The fourth-order valence-corrected chi connectivity index (χ4v) is 4.45. The van der Waals surface area contributed by atoms with E-state index in [0.717, 1.165) is 17.2 Å². The fraction of sp³-hybridized carbons (Fsp3) is 0.348. The largest absolute Gasteiger partial charge is 0.263 e. The van der Waals surface area contributed by atoms with E-state index in [2.05, 4.69) is 64.2 Å². The van der Waals surface area contributed by atoms with Gasteiger partial charge in [-0.05, 0) is 60.9 Å². The van der Waals surface area contributed by atoms with Crippen LogP contribution in [0.4, 0.5) is 0 Å². The number of aromatic nitrogens is 1. The van der Waals surface area contributed by atoms with Crippen LogP contribution in [0.2, 0.25) is 0 Å². The number of nitrogens with zero attached hydrogens (tertiary/aromatic N) is 1. The van der Waals surface area contributed by atoms with E-state index in [9.17, 15) is 0 Å². The van der Waals surface area contributed by atoms with Gasteiger partial charge in [-0.1, -0.05) is 61.1 Å². The van der Waals surface area contributed by atoms with Crippen molar-refractivity contribution in [2.75, 3.05) is 0 Å². The number of pyridine rings is 1. The van der Waals surface area contributed by atoms with Crippen molar-refractivity contribution in [1.29, 1.82) is 0 Å². The first-order valence-corrected chi connectivity index (χ1v) is 9.57. The molecule has 0 atom stereocenters. The minimum absolute atomic E-state index is 0.888. The van der Waals surface area contributed by atoms with Gasteiger partial charge >= 0.3 is 0 Å². The van der Waals surface area contributed by atoms with Crippen molar-refractivity contribution in [2.24, 2.45) is 5.92 Å². The smallest absolute Gasteiger partial charge is 0.163 e. The molecule has 1 aliphatic rings. The summed E-state index contributed by atoms with van der Waals surface area (Å²) < 4.78 is 0. The number of benzene rings is 2. The molecule has 1 saturated carbocycles. The van der Waals surface area contributed by atoms with E-state index in [1.54, 1.807) is 0 Å². The molecule has 2 heteroatoms. The normalized spacial score (nSPS) is 15.1. The Kier molecular flexibility index (Phi) is 4.37. The van der Waals surface area contributed by atoms with Gasteiger partial charge in [0.25, 0.3) is 0 Å². The summed E-state index contributed by atoms with van der Waals surface area (Å²) in [6.07, 6.45) is 6.87. The third-order valence-electron chi connectivity index (χ3n) is 5.52. The molecule has 0 aliphatic heterocycles. The second kappa shape index (κ2) is 6.67. The van der Waals surface area contributed by atoms with Crippen LogP contribution in [0.1, 0.15) is 42.4 Å². The maximum Gasteiger partial charge on any atom is 0.163 e. The van der Waals surface area contributed by atoms with Crippen LogP contribution in [-0.2, 0) is 6.42 Å². The Balaban J connectivity index is 1.79. The van der Waals surface area contributed by atoms with Gasteiger partial charge < -0.3 is 0 Å². The molecule has 1 aromatic heterocycles. The van der Waals surface area contributed by atoms with Gasteiger partial charge in [-0.3, -0.25) is 4.98 Å². The predicted octanol–water partition coefficient (Wildman–Crippen LogP) is 4.51. The van der Waals surface area contributed by atoms with E-state index in [0.29, 0.717) is 0 Å². The lowest BCUT2D eigenvalue weighted by Crippen LogP contribution is -2.09. The van der Waals surface area contributed by atoms with Crippen molar-refractivity contribution in [3.05, 3.63) is 59.2 Å². The first kappa shape index (κ1) is 16.4. The van der Waals surface area contributed by atoms with Gasteiger partial charge in [-0.25, -0.2) is 0 Å². The van der Waals surface area contributed by atoms with Crippen LogP contribution < -0.4 is 5.59 Å². The Morgan fingerprint density at radius 2 is 1.68 bits per heavy atom. The highest BCUT2D eigenvalue weighted by Crippen LogP contribution is 2.31. The average molecular weight is 327 g/mol. The lowest BCUT2D eigenvalue weighted by Gasteiger charge is -2.13. The standard InChI is InChI=1S/C23H26BN/c1-15-9-16(2)11-20(10-15)23-21-8-7-18(12-17-5-3-4-6-17)13-19(21)14-22(24)25-23/h7-11,13-14,17H,3-6,12,24H2,1-2H3. The van der Waals surface area contributed by atoms with Crippen LogP contribution in [-0.4, -0.2) is 12.8 Å². The predicted molar refractivity (Wildman–Crippen MR) is 110 cm³/mol. The van der Waals surface area contributed by atoms with Crippen LogP contribution in [0.5, 0.6) is 0 Å². The summed E-state index contributed by atoms with van der Waals surface area (Å²) in [5, 5.41) is 2.60. The van der Waals surface area contributed by atoms with E-state index >= 15 is 0 Å². The molecule has 0 saturated heterocycles. The molecule has 0 spiro atoms. The monoisotopic (exact) mass is 327 g/mol. The lowest BCUT2D eigenvalue weighted by atomic mass is 9.92. The van der Waals surface area contributed by atoms with Crippen LogP contribution >= 0.6 is 0 Å². The summed E-state index contributed by atoms with van der Waals surface area (Å²) in [4.78, 5) is 4.89. The van der Waals surface area contributed by atoms with Gasteiger partial charge in [-0.2, -0.15) is 0 Å². The molecule has 0 N–H and O–H groups in total. The highest BCUT2D eigenvalue weighted by Gasteiger charge is 2.16. The molecule has 0 radical (unpaired) electrons. The first-order valence-electron chi connectivity index (χ1n) is 9.57. The number of hydrogen-bond acceptors (Lipinski definition) is 1.